The van der Waals surface area contributed by atoms with Crippen LogP contribution in [0.1, 0.15) is 58.5 Å². The third-order valence-electron chi connectivity index (χ3n) is 1.79. The van der Waals surface area contributed by atoms with Gasteiger partial charge in [-0.1, -0.05) is 35.1 Å². The molecule has 0 unspecified atom stereocenters. The summed E-state index contributed by atoms with van der Waals surface area (Å²) in [5.41, 5.74) is 0. The van der Waals surface area contributed by atoms with E-state index < -0.39 is 0 Å². The third kappa shape index (κ3) is 2.40. The molecule has 1 aromatic rings. The minimum absolute atomic E-state index is 0. The summed E-state index contributed by atoms with van der Waals surface area (Å²) in [6.07, 6.45) is 0. The van der Waals surface area contributed by atoms with E-state index in [0.29, 0.717) is 11.8 Å². The molecular weight excluding hydrogens is 148 g/mol. The summed E-state index contributed by atoms with van der Waals surface area (Å²) in [4.78, 5) is 0. The summed E-state index contributed by atoms with van der Waals surface area (Å²) in [5, 5.41) is 0. The van der Waals surface area contributed by atoms with Crippen LogP contribution in [0.4, 0.5) is 0 Å². The lowest BCUT2D eigenvalue weighted by Crippen LogP contribution is -1.83. The SMILES string of the molecule is C.CC(C)c1ccc(C(C)C)o1. The molecule has 70 valence electrons. The summed E-state index contributed by atoms with van der Waals surface area (Å²) in [5.74, 6) is 3.19. The first kappa shape index (κ1) is 11.3. The van der Waals surface area contributed by atoms with Gasteiger partial charge >= 0.3 is 0 Å². The Morgan fingerprint density at radius 3 is 1.42 bits per heavy atom. The molecule has 0 bridgehead atoms. The summed E-state index contributed by atoms with van der Waals surface area (Å²) in [6, 6.07) is 4.14. The predicted molar refractivity (Wildman–Crippen MR) is 53.6 cm³/mol. The van der Waals surface area contributed by atoms with Gasteiger partial charge in [0.1, 0.15) is 11.5 Å². The van der Waals surface area contributed by atoms with E-state index in [9.17, 15) is 0 Å². The van der Waals surface area contributed by atoms with Crippen LogP contribution in [-0.2, 0) is 0 Å². The first-order valence-corrected chi connectivity index (χ1v) is 4.21. The van der Waals surface area contributed by atoms with Gasteiger partial charge in [0, 0.05) is 11.8 Å². The van der Waals surface area contributed by atoms with Gasteiger partial charge in [0.05, 0.1) is 0 Å². The van der Waals surface area contributed by atoms with Crippen LogP contribution >= 0.6 is 0 Å². The van der Waals surface area contributed by atoms with Gasteiger partial charge in [-0.25, -0.2) is 0 Å². The van der Waals surface area contributed by atoms with Crippen molar-refractivity contribution in [2.24, 2.45) is 0 Å². The van der Waals surface area contributed by atoms with Gasteiger partial charge in [-0.15, -0.1) is 0 Å². The fourth-order valence-corrected chi connectivity index (χ4v) is 0.989. The van der Waals surface area contributed by atoms with E-state index in [4.69, 9.17) is 4.42 Å². The Hall–Kier alpha value is -0.720. The second kappa shape index (κ2) is 4.34. The molecule has 0 atom stereocenters. The highest BCUT2D eigenvalue weighted by Crippen LogP contribution is 2.22. The molecule has 0 aliphatic rings. The molecule has 0 fully saturated rings. The van der Waals surface area contributed by atoms with Crippen LogP contribution in [-0.4, -0.2) is 0 Å². The van der Waals surface area contributed by atoms with Gasteiger partial charge in [-0.3, -0.25) is 0 Å². The molecule has 12 heavy (non-hydrogen) atoms. The second-order valence-electron chi connectivity index (χ2n) is 3.55. The van der Waals surface area contributed by atoms with Crippen molar-refractivity contribution < 1.29 is 4.42 Å². The van der Waals surface area contributed by atoms with E-state index >= 15 is 0 Å². The van der Waals surface area contributed by atoms with E-state index in [1.807, 2.05) is 0 Å². The van der Waals surface area contributed by atoms with Gasteiger partial charge < -0.3 is 4.42 Å². The van der Waals surface area contributed by atoms with E-state index in [0.717, 1.165) is 11.5 Å². The molecule has 0 aromatic carbocycles. The maximum absolute atomic E-state index is 5.61. The molecule has 0 spiro atoms. The molecule has 0 aliphatic carbocycles. The highest BCUT2D eigenvalue weighted by atomic mass is 16.3. The van der Waals surface area contributed by atoms with Gasteiger partial charge in [0.25, 0.3) is 0 Å². The van der Waals surface area contributed by atoms with Crippen molar-refractivity contribution >= 4 is 0 Å². The molecule has 1 heteroatoms. The Kier molecular flexibility index (Phi) is 4.08. The average Bonchev–Trinajstić information content (AvgIpc) is 2.33. The van der Waals surface area contributed by atoms with Crippen LogP contribution in [0.3, 0.4) is 0 Å². The molecule has 0 saturated carbocycles. The van der Waals surface area contributed by atoms with Crippen LogP contribution in [0.5, 0.6) is 0 Å². The zero-order chi connectivity index (χ0) is 8.43. The van der Waals surface area contributed by atoms with Crippen molar-refractivity contribution in [3.05, 3.63) is 23.7 Å². The van der Waals surface area contributed by atoms with Crippen molar-refractivity contribution in [3.8, 4) is 0 Å². The molecule has 1 heterocycles. The smallest absolute Gasteiger partial charge is 0.106 e. The highest BCUT2D eigenvalue weighted by Gasteiger charge is 2.07. The van der Waals surface area contributed by atoms with Crippen LogP contribution < -0.4 is 0 Å². The maximum atomic E-state index is 5.61. The van der Waals surface area contributed by atoms with E-state index in [2.05, 4.69) is 39.8 Å². The Balaban J connectivity index is 0.00000121. The highest BCUT2D eigenvalue weighted by molar-refractivity contribution is 5.12. The normalized spacial score (nSPS) is 10.5. The van der Waals surface area contributed by atoms with Gasteiger partial charge in [0.15, 0.2) is 0 Å². The molecule has 1 aromatic heterocycles. The molecule has 1 rings (SSSR count). The molecule has 0 amide bonds. The lowest BCUT2D eigenvalue weighted by molar-refractivity contribution is 0.432. The standard InChI is InChI=1S/C10H16O.CH4/c1-7(2)9-5-6-10(11-9)8(3)4;/h5-8H,1-4H3;1H4. The van der Waals surface area contributed by atoms with Crippen molar-refractivity contribution in [3.63, 3.8) is 0 Å². The molecule has 0 radical (unpaired) electrons. The largest absolute Gasteiger partial charge is 0.466 e. The van der Waals surface area contributed by atoms with Gasteiger partial charge in [0.2, 0.25) is 0 Å². The van der Waals surface area contributed by atoms with Crippen molar-refractivity contribution in [2.45, 2.75) is 47.0 Å². The zero-order valence-electron chi connectivity index (χ0n) is 7.72. The van der Waals surface area contributed by atoms with Gasteiger partial charge in [-0.05, 0) is 12.1 Å². The summed E-state index contributed by atoms with van der Waals surface area (Å²) < 4.78 is 5.61. The lowest BCUT2D eigenvalue weighted by Gasteiger charge is -2.00. The topological polar surface area (TPSA) is 13.1 Å². The first-order valence-electron chi connectivity index (χ1n) is 4.21. The predicted octanol–water partition coefficient (Wildman–Crippen LogP) is 4.16. The lowest BCUT2D eigenvalue weighted by atomic mass is 10.1. The number of furan rings is 1. The molecule has 0 aliphatic heterocycles. The monoisotopic (exact) mass is 168 g/mol. The Morgan fingerprint density at radius 1 is 0.917 bits per heavy atom. The Labute approximate surface area is 75.8 Å². The minimum atomic E-state index is 0. The quantitative estimate of drug-likeness (QED) is 0.646. The van der Waals surface area contributed by atoms with Gasteiger partial charge in [-0.2, -0.15) is 0 Å². The van der Waals surface area contributed by atoms with Crippen LogP contribution in [0.2, 0.25) is 0 Å². The van der Waals surface area contributed by atoms with E-state index in [-0.39, 0.29) is 7.43 Å². The number of hydrogen-bond donors (Lipinski definition) is 0. The first-order chi connectivity index (χ1) is 5.11. The van der Waals surface area contributed by atoms with Crippen molar-refractivity contribution in [2.75, 3.05) is 0 Å². The Bertz CT molecular complexity index is 198. The summed E-state index contributed by atoms with van der Waals surface area (Å²) in [6.45, 7) is 8.57. The second-order valence-corrected chi connectivity index (χ2v) is 3.55. The number of hydrogen-bond acceptors (Lipinski definition) is 1. The van der Waals surface area contributed by atoms with Crippen LogP contribution in [0, 0.1) is 0 Å². The number of rotatable bonds is 2. The maximum Gasteiger partial charge on any atom is 0.106 e. The minimum Gasteiger partial charge on any atom is -0.466 e. The molecular formula is C11H20O. The third-order valence-corrected chi connectivity index (χ3v) is 1.79. The fourth-order valence-electron chi connectivity index (χ4n) is 0.989. The van der Waals surface area contributed by atoms with Crippen LogP contribution in [0.15, 0.2) is 16.5 Å². The van der Waals surface area contributed by atoms with E-state index in [1.54, 1.807) is 0 Å². The Morgan fingerprint density at radius 2 is 1.25 bits per heavy atom. The zero-order valence-corrected chi connectivity index (χ0v) is 7.72. The van der Waals surface area contributed by atoms with Crippen LogP contribution in [0.25, 0.3) is 0 Å². The van der Waals surface area contributed by atoms with Crippen molar-refractivity contribution in [1.82, 2.24) is 0 Å². The molecule has 1 nitrogen and oxygen atoms in total. The average molecular weight is 168 g/mol. The molecule has 0 N–H and O–H groups in total. The van der Waals surface area contributed by atoms with Crippen molar-refractivity contribution in [1.29, 1.82) is 0 Å². The summed E-state index contributed by atoms with van der Waals surface area (Å²) in [7, 11) is 0. The fraction of sp³-hybridized carbons (Fsp3) is 0.636. The van der Waals surface area contributed by atoms with E-state index in [1.165, 1.54) is 0 Å². The molecule has 0 saturated heterocycles. The summed E-state index contributed by atoms with van der Waals surface area (Å²) >= 11 is 0.